The molecule has 21 heavy (non-hydrogen) atoms. The van der Waals surface area contributed by atoms with Gasteiger partial charge in [0, 0.05) is 6.54 Å². The minimum absolute atomic E-state index is 0.303. The number of rotatable bonds is 4. The molecule has 1 aromatic carbocycles. The van der Waals surface area contributed by atoms with E-state index in [1.165, 1.54) is 0 Å². The van der Waals surface area contributed by atoms with Crippen LogP contribution in [0, 0.1) is 0 Å². The van der Waals surface area contributed by atoms with E-state index < -0.39 is 23.7 Å². The minimum atomic E-state index is -0.897. The first-order chi connectivity index (χ1) is 9.78. The summed E-state index contributed by atoms with van der Waals surface area (Å²) in [5.41, 5.74) is 0.418. The molecule has 1 aromatic rings. The van der Waals surface area contributed by atoms with Crippen LogP contribution in [0.3, 0.4) is 0 Å². The molecule has 2 atom stereocenters. The predicted molar refractivity (Wildman–Crippen MR) is 77.7 cm³/mol. The van der Waals surface area contributed by atoms with Crippen molar-refractivity contribution in [3.8, 4) is 0 Å². The van der Waals surface area contributed by atoms with Crippen LogP contribution < -0.4 is 0 Å². The molecule has 2 rings (SSSR count). The smallest absolute Gasteiger partial charge is 0.323 e. The Labute approximate surface area is 124 Å². The Bertz CT molecular complexity index is 521. The number of carboxylic acids is 1. The van der Waals surface area contributed by atoms with Gasteiger partial charge in [0.2, 0.25) is 0 Å². The van der Waals surface area contributed by atoms with E-state index in [1.54, 1.807) is 25.7 Å². The van der Waals surface area contributed by atoms with Crippen LogP contribution in [0.25, 0.3) is 0 Å². The van der Waals surface area contributed by atoms with Crippen molar-refractivity contribution >= 4 is 11.9 Å². The molecule has 0 spiro atoms. The highest BCUT2D eigenvalue weighted by atomic mass is 16.6. The number of ether oxygens (including phenoxy) is 1. The van der Waals surface area contributed by atoms with Crippen LogP contribution in [-0.2, 0) is 20.9 Å². The lowest BCUT2D eigenvalue weighted by Crippen LogP contribution is -2.62. The third-order valence-corrected chi connectivity index (χ3v) is 3.42. The van der Waals surface area contributed by atoms with Crippen LogP contribution in [0.5, 0.6) is 0 Å². The molecular formula is C16H21NO4. The van der Waals surface area contributed by atoms with E-state index in [4.69, 9.17) is 4.74 Å². The molecule has 114 valence electrons. The SMILES string of the molecule is CC(C)(C)OC(=O)C1CC(C(=O)O)N1Cc1ccccc1. The molecule has 5 heteroatoms. The van der Waals surface area contributed by atoms with Gasteiger partial charge in [-0.05, 0) is 32.8 Å². The third kappa shape index (κ3) is 3.82. The van der Waals surface area contributed by atoms with E-state index in [-0.39, 0.29) is 5.97 Å². The molecule has 1 aliphatic rings. The van der Waals surface area contributed by atoms with Gasteiger partial charge in [-0.15, -0.1) is 0 Å². The molecule has 5 nitrogen and oxygen atoms in total. The van der Waals surface area contributed by atoms with Crippen LogP contribution in [0.2, 0.25) is 0 Å². The molecule has 1 N–H and O–H groups in total. The lowest BCUT2D eigenvalue weighted by molar-refractivity contribution is -0.176. The number of esters is 1. The first-order valence-electron chi connectivity index (χ1n) is 7.03. The quantitative estimate of drug-likeness (QED) is 0.860. The van der Waals surface area contributed by atoms with Crippen molar-refractivity contribution in [3.63, 3.8) is 0 Å². The summed E-state index contributed by atoms with van der Waals surface area (Å²) < 4.78 is 5.36. The van der Waals surface area contributed by atoms with E-state index in [2.05, 4.69) is 0 Å². The fourth-order valence-corrected chi connectivity index (χ4v) is 2.42. The maximum absolute atomic E-state index is 12.2. The average Bonchev–Trinajstić information content (AvgIpc) is 2.33. The number of likely N-dealkylation sites (tertiary alicyclic amines) is 1. The second kappa shape index (κ2) is 5.85. The van der Waals surface area contributed by atoms with Gasteiger partial charge in [-0.2, -0.15) is 0 Å². The van der Waals surface area contributed by atoms with Crippen molar-refractivity contribution in [2.45, 2.75) is 51.4 Å². The summed E-state index contributed by atoms with van der Waals surface area (Å²) in [5, 5.41) is 9.22. The third-order valence-electron chi connectivity index (χ3n) is 3.42. The van der Waals surface area contributed by atoms with Gasteiger partial charge in [-0.25, -0.2) is 0 Å². The number of carbonyl (C=O) groups excluding carboxylic acids is 1. The maximum Gasteiger partial charge on any atom is 0.323 e. The van der Waals surface area contributed by atoms with Gasteiger partial charge < -0.3 is 9.84 Å². The molecule has 0 saturated carbocycles. The Hall–Kier alpha value is -1.88. The molecule has 1 heterocycles. The Balaban J connectivity index is 2.08. The van der Waals surface area contributed by atoms with Crippen molar-refractivity contribution in [1.82, 2.24) is 4.90 Å². The number of carboxylic acid groups (broad SMARTS) is 1. The second-order valence-electron chi connectivity index (χ2n) is 6.30. The van der Waals surface area contributed by atoms with Gasteiger partial charge in [0.1, 0.15) is 17.7 Å². The highest BCUT2D eigenvalue weighted by Crippen LogP contribution is 2.30. The van der Waals surface area contributed by atoms with Crippen LogP contribution in [0.4, 0.5) is 0 Å². The summed E-state index contributed by atoms with van der Waals surface area (Å²) in [6.45, 7) is 5.85. The summed E-state index contributed by atoms with van der Waals surface area (Å²) in [6.07, 6.45) is 0.303. The van der Waals surface area contributed by atoms with Gasteiger partial charge in [-0.1, -0.05) is 30.3 Å². The Morgan fingerprint density at radius 1 is 1.24 bits per heavy atom. The molecular weight excluding hydrogens is 270 g/mol. The molecule has 0 amide bonds. The van der Waals surface area contributed by atoms with Crippen LogP contribution in [0.1, 0.15) is 32.8 Å². The topological polar surface area (TPSA) is 66.8 Å². The van der Waals surface area contributed by atoms with E-state index in [0.29, 0.717) is 13.0 Å². The monoisotopic (exact) mass is 291 g/mol. The molecule has 1 fully saturated rings. The summed E-state index contributed by atoms with van der Waals surface area (Å²) in [7, 11) is 0. The van der Waals surface area contributed by atoms with Gasteiger partial charge >= 0.3 is 11.9 Å². The van der Waals surface area contributed by atoms with Crippen molar-refractivity contribution in [1.29, 1.82) is 0 Å². The van der Waals surface area contributed by atoms with Crippen molar-refractivity contribution in [2.75, 3.05) is 0 Å². The number of benzene rings is 1. The Morgan fingerprint density at radius 2 is 1.86 bits per heavy atom. The molecule has 0 aliphatic carbocycles. The summed E-state index contributed by atoms with van der Waals surface area (Å²) in [6, 6.07) is 8.43. The van der Waals surface area contributed by atoms with Crippen molar-refractivity contribution in [2.24, 2.45) is 0 Å². The van der Waals surface area contributed by atoms with Gasteiger partial charge in [0.05, 0.1) is 0 Å². The van der Waals surface area contributed by atoms with E-state index >= 15 is 0 Å². The summed E-state index contributed by atoms with van der Waals surface area (Å²) >= 11 is 0. The minimum Gasteiger partial charge on any atom is -0.480 e. The fraction of sp³-hybridized carbons (Fsp3) is 0.500. The van der Waals surface area contributed by atoms with Crippen molar-refractivity contribution in [3.05, 3.63) is 35.9 Å². The fourth-order valence-electron chi connectivity index (χ4n) is 2.42. The molecule has 0 radical (unpaired) electrons. The second-order valence-corrected chi connectivity index (χ2v) is 6.30. The predicted octanol–water partition coefficient (Wildman–Crippen LogP) is 2.06. The number of hydrogen-bond donors (Lipinski definition) is 1. The van der Waals surface area contributed by atoms with Gasteiger partial charge in [0.25, 0.3) is 0 Å². The maximum atomic E-state index is 12.2. The molecule has 2 unspecified atom stereocenters. The summed E-state index contributed by atoms with van der Waals surface area (Å²) in [5.74, 6) is -1.25. The standard InChI is InChI=1S/C16H21NO4/c1-16(2,3)21-15(20)13-9-12(14(18)19)17(13)10-11-7-5-4-6-8-11/h4-8,12-13H,9-10H2,1-3H3,(H,18,19). The van der Waals surface area contributed by atoms with E-state index in [1.807, 2.05) is 30.3 Å². The lowest BCUT2D eigenvalue weighted by Gasteiger charge is -2.45. The summed E-state index contributed by atoms with van der Waals surface area (Å²) in [4.78, 5) is 25.1. The Kier molecular flexibility index (Phi) is 4.32. The number of hydrogen-bond acceptors (Lipinski definition) is 4. The van der Waals surface area contributed by atoms with Crippen LogP contribution in [-0.4, -0.2) is 39.6 Å². The largest absolute Gasteiger partial charge is 0.480 e. The molecule has 1 saturated heterocycles. The normalized spacial score (nSPS) is 22.4. The lowest BCUT2D eigenvalue weighted by atomic mass is 9.91. The zero-order chi connectivity index (χ0) is 15.6. The molecule has 1 aliphatic heterocycles. The molecule has 0 bridgehead atoms. The highest BCUT2D eigenvalue weighted by molar-refractivity contribution is 5.83. The first-order valence-corrected chi connectivity index (χ1v) is 7.03. The highest BCUT2D eigenvalue weighted by Gasteiger charge is 2.48. The van der Waals surface area contributed by atoms with Crippen LogP contribution >= 0.6 is 0 Å². The van der Waals surface area contributed by atoms with E-state index in [9.17, 15) is 14.7 Å². The zero-order valence-electron chi connectivity index (χ0n) is 12.6. The first kappa shape index (κ1) is 15.5. The number of nitrogens with zero attached hydrogens (tertiary/aromatic N) is 1. The average molecular weight is 291 g/mol. The van der Waals surface area contributed by atoms with Gasteiger partial charge in [0.15, 0.2) is 0 Å². The van der Waals surface area contributed by atoms with Gasteiger partial charge in [-0.3, -0.25) is 14.5 Å². The number of carbonyl (C=O) groups is 2. The Morgan fingerprint density at radius 3 is 2.38 bits per heavy atom. The van der Waals surface area contributed by atoms with Crippen LogP contribution in [0.15, 0.2) is 30.3 Å². The number of aliphatic carboxylic acids is 1. The van der Waals surface area contributed by atoms with E-state index in [0.717, 1.165) is 5.56 Å². The van der Waals surface area contributed by atoms with Crippen molar-refractivity contribution < 1.29 is 19.4 Å². The zero-order valence-corrected chi connectivity index (χ0v) is 12.6. The molecule has 0 aromatic heterocycles.